The second-order valence-corrected chi connectivity index (χ2v) is 8.37. The van der Waals surface area contributed by atoms with Gasteiger partial charge < -0.3 is 0 Å². The van der Waals surface area contributed by atoms with Crippen molar-refractivity contribution in [3.05, 3.63) is 51.7 Å². The van der Waals surface area contributed by atoms with Crippen molar-refractivity contribution in [3.63, 3.8) is 0 Å². The monoisotopic (exact) mass is 319 g/mol. The fourth-order valence-electron chi connectivity index (χ4n) is 2.99. The van der Waals surface area contributed by atoms with Crippen molar-refractivity contribution < 1.29 is 4.21 Å². The molecule has 0 spiro atoms. The molecule has 3 rings (SSSR count). The number of thiophene rings is 1. The van der Waals surface area contributed by atoms with Crippen LogP contribution < -0.4 is 0 Å². The van der Waals surface area contributed by atoms with E-state index in [2.05, 4.69) is 36.1 Å². The Kier molecular flexibility index (Phi) is 4.57. The highest BCUT2D eigenvalue weighted by Crippen LogP contribution is 2.36. The van der Waals surface area contributed by atoms with E-state index in [0.717, 1.165) is 11.4 Å². The van der Waals surface area contributed by atoms with Crippen LogP contribution in [0.2, 0.25) is 0 Å². The third-order valence-corrected chi connectivity index (χ3v) is 6.13. The first-order valence-electron chi connectivity index (χ1n) is 7.36. The fraction of sp³-hybridized carbons (Fsp3) is 0.412. The van der Waals surface area contributed by atoms with Gasteiger partial charge in [-0.25, -0.2) is 0 Å². The van der Waals surface area contributed by atoms with Crippen LogP contribution in [-0.2, 0) is 17.3 Å². The summed E-state index contributed by atoms with van der Waals surface area (Å²) in [5.41, 5.74) is 1.31. The van der Waals surface area contributed by atoms with Gasteiger partial charge in [-0.15, -0.1) is 11.3 Å². The average molecular weight is 319 g/mol. The van der Waals surface area contributed by atoms with E-state index in [-0.39, 0.29) is 0 Å². The van der Waals surface area contributed by atoms with E-state index in [1.807, 2.05) is 23.5 Å². The summed E-state index contributed by atoms with van der Waals surface area (Å²) in [6.07, 6.45) is 4.26. The van der Waals surface area contributed by atoms with E-state index in [1.165, 1.54) is 34.7 Å². The Labute approximate surface area is 133 Å². The first-order chi connectivity index (χ1) is 10.1. The zero-order valence-corrected chi connectivity index (χ0v) is 14.2. The van der Waals surface area contributed by atoms with Crippen molar-refractivity contribution in [3.8, 4) is 0 Å². The molecular weight excluding hydrogens is 298 g/mol. The molecule has 2 aromatic rings. The molecule has 1 aliphatic heterocycles. The number of rotatable bonds is 4. The van der Waals surface area contributed by atoms with Crippen LogP contribution in [-0.4, -0.2) is 21.9 Å². The topological polar surface area (TPSA) is 20.3 Å². The lowest BCUT2D eigenvalue weighted by molar-refractivity contribution is 0.251. The van der Waals surface area contributed by atoms with Crippen LogP contribution in [0, 0.1) is 6.92 Å². The largest absolute Gasteiger partial charge is 0.291 e. The van der Waals surface area contributed by atoms with Crippen molar-refractivity contribution in [2.75, 3.05) is 12.8 Å². The van der Waals surface area contributed by atoms with Crippen LogP contribution in [0.3, 0.4) is 0 Å². The number of benzene rings is 1. The van der Waals surface area contributed by atoms with Crippen LogP contribution in [0.1, 0.15) is 34.2 Å². The highest BCUT2D eigenvalue weighted by atomic mass is 32.2. The van der Waals surface area contributed by atoms with Gasteiger partial charge in [-0.05, 0) is 56.1 Å². The molecule has 1 saturated heterocycles. The predicted molar refractivity (Wildman–Crippen MR) is 90.2 cm³/mol. The molecule has 2 unspecified atom stereocenters. The Hall–Kier alpha value is -0.970. The van der Waals surface area contributed by atoms with Gasteiger partial charge in [0, 0.05) is 44.3 Å². The number of likely N-dealkylation sites (tertiary alicyclic amines) is 1. The smallest absolute Gasteiger partial charge is 0.0498 e. The molecule has 21 heavy (non-hydrogen) atoms. The van der Waals surface area contributed by atoms with E-state index in [1.54, 1.807) is 6.26 Å². The predicted octanol–water partition coefficient (Wildman–Crippen LogP) is 4.13. The molecule has 0 N–H and O–H groups in total. The highest BCUT2D eigenvalue weighted by molar-refractivity contribution is 7.84. The highest BCUT2D eigenvalue weighted by Gasteiger charge is 2.26. The molecule has 4 heteroatoms. The minimum atomic E-state index is -0.887. The zero-order chi connectivity index (χ0) is 14.8. The molecular formula is C17H21NOS2. The molecule has 2 atom stereocenters. The molecule has 112 valence electrons. The maximum Gasteiger partial charge on any atom is 0.0498 e. The molecule has 0 radical (unpaired) electrons. The lowest BCUT2D eigenvalue weighted by atomic mass is 10.1. The van der Waals surface area contributed by atoms with Gasteiger partial charge in [0.15, 0.2) is 0 Å². The van der Waals surface area contributed by atoms with E-state index < -0.39 is 10.8 Å². The molecule has 0 saturated carbocycles. The Morgan fingerprint density at radius 2 is 2.00 bits per heavy atom. The van der Waals surface area contributed by atoms with Crippen LogP contribution in [0.5, 0.6) is 0 Å². The Morgan fingerprint density at radius 1 is 1.24 bits per heavy atom. The summed E-state index contributed by atoms with van der Waals surface area (Å²) in [4.78, 5) is 6.37. The average Bonchev–Trinajstić information content (AvgIpc) is 3.08. The quantitative estimate of drug-likeness (QED) is 0.844. The summed E-state index contributed by atoms with van der Waals surface area (Å²) in [6, 6.07) is 13.3. The van der Waals surface area contributed by atoms with Crippen LogP contribution in [0.25, 0.3) is 0 Å². The van der Waals surface area contributed by atoms with Crippen LogP contribution >= 0.6 is 11.3 Å². The van der Waals surface area contributed by atoms with E-state index in [4.69, 9.17) is 0 Å². The fourth-order valence-corrected chi connectivity index (χ4v) is 4.56. The maximum atomic E-state index is 11.4. The van der Waals surface area contributed by atoms with Gasteiger partial charge in [0.1, 0.15) is 0 Å². The molecule has 2 nitrogen and oxygen atoms in total. The van der Waals surface area contributed by atoms with Gasteiger partial charge in [0.2, 0.25) is 0 Å². The minimum absolute atomic E-state index is 0.573. The first kappa shape index (κ1) is 14.9. The van der Waals surface area contributed by atoms with Gasteiger partial charge >= 0.3 is 0 Å². The molecule has 1 fully saturated rings. The molecule has 2 heterocycles. The number of nitrogens with zero attached hydrogens (tertiary/aromatic N) is 1. The number of hydrogen-bond acceptors (Lipinski definition) is 3. The summed E-state index contributed by atoms with van der Waals surface area (Å²) < 4.78 is 11.4. The lowest BCUT2D eigenvalue weighted by Crippen LogP contribution is -2.22. The standard InChI is InChI=1S/C17H21NOS2/c1-13-5-10-17(20-13)16-4-3-11-18(16)12-14-6-8-15(9-7-14)21(2)19/h5-10,16H,3-4,11-12H2,1-2H3. The molecule has 1 aromatic carbocycles. The summed E-state index contributed by atoms with van der Waals surface area (Å²) in [5, 5.41) is 0. The molecule has 0 bridgehead atoms. The molecule has 0 aliphatic carbocycles. The van der Waals surface area contributed by atoms with Gasteiger partial charge in [0.05, 0.1) is 0 Å². The van der Waals surface area contributed by atoms with Crippen molar-refractivity contribution >= 4 is 22.1 Å². The molecule has 0 amide bonds. The second kappa shape index (κ2) is 6.42. The van der Waals surface area contributed by atoms with Gasteiger partial charge in [0.25, 0.3) is 0 Å². The SMILES string of the molecule is Cc1ccc(C2CCCN2Cc2ccc(S(C)=O)cc2)s1. The zero-order valence-electron chi connectivity index (χ0n) is 12.5. The van der Waals surface area contributed by atoms with E-state index >= 15 is 0 Å². The molecule has 1 aromatic heterocycles. The Bertz CT molecular complexity index is 632. The van der Waals surface area contributed by atoms with Crippen molar-refractivity contribution in [1.82, 2.24) is 4.90 Å². The lowest BCUT2D eigenvalue weighted by Gasteiger charge is -2.23. The van der Waals surface area contributed by atoms with Gasteiger partial charge in [-0.3, -0.25) is 9.11 Å². The Balaban J connectivity index is 1.72. The normalized spacial score (nSPS) is 20.8. The maximum absolute atomic E-state index is 11.4. The third kappa shape index (κ3) is 3.44. The molecule has 1 aliphatic rings. The van der Waals surface area contributed by atoms with E-state index in [9.17, 15) is 4.21 Å². The van der Waals surface area contributed by atoms with Crippen LogP contribution in [0.15, 0.2) is 41.3 Å². The second-order valence-electron chi connectivity index (χ2n) is 5.67. The first-order valence-corrected chi connectivity index (χ1v) is 9.74. The number of aryl methyl sites for hydroxylation is 1. The summed E-state index contributed by atoms with van der Waals surface area (Å²) in [5.74, 6) is 0. The summed E-state index contributed by atoms with van der Waals surface area (Å²) >= 11 is 1.92. The Morgan fingerprint density at radius 3 is 2.62 bits per heavy atom. The number of hydrogen-bond donors (Lipinski definition) is 0. The summed E-state index contributed by atoms with van der Waals surface area (Å²) in [6.45, 7) is 4.33. The van der Waals surface area contributed by atoms with E-state index in [0.29, 0.717) is 6.04 Å². The third-order valence-electron chi connectivity index (χ3n) is 4.09. The van der Waals surface area contributed by atoms with Crippen LogP contribution in [0.4, 0.5) is 0 Å². The van der Waals surface area contributed by atoms with Crippen molar-refractivity contribution in [2.24, 2.45) is 0 Å². The van der Waals surface area contributed by atoms with Crippen molar-refractivity contribution in [2.45, 2.75) is 37.2 Å². The van der Waals surface area contributed by atoms with Gasteiger partial charge in [-0.1, -0.05) is 12.1 Å². The summed E-state index contributed by atoms with van der Waals surface area (Å²) in [7, 11) is -0.887. The van der Waals surface area contributed by atoms with Gasteiger partial charge in [-0.2, -0.15) is 0 Å². The minimum Gasteiger partial charge on any atom is -0.291 e. The van der Waals surface area contributed by atoms with Crippen molar-refractivity contribution in [1.29, 1.82) is 0 Å².